The van der Waals surface area contributed by atoms with Crippen molar-refractivity contribution in [2.75, 3.05) is 5.32 Å². The number of benzene rings is 1. The monoisotopic (exact) mass is 343 g/mol. The summed E-state index contributed by atoms with van der Waals surface area (Å²) in [5.74, 6) is -1.67. The van der Waals surface area contributed by atoms with Gasteiger partial charge in [-0.3, -0.25) is 14.6 Å². The maximum absolute atomic E-state index is 13.8. The van der Waals surface area contributed by atoms with Crippen molar-refractivity contribution in [1.29, 1.82) is 0 Å². The molecule has 3 aromatic rings. The van der Waals surface area contributed by atoms with E-state index in [1.54, 1.807) is 18.3 Å². The van der Waals surface area contributed by atoms with Crippen molar-refractivity contribution in [2.45, 2.75) is 0 Å². The van der Waals surface area contributed by atoms with Crippen LogP contribution in [0.5, 0.6) is 0 Å². The van der Waals surface area contributed by atoms with Crippen LogP contribution in [-0.2, 0) is 0 Å². The SMILES string of the molecule is O=C(Nc1cccnc1)c1cc(C(=O)c2cc(Cl)ccc2F)c[nH]1. The molecule has 3 rings (SSSR count). The molecule has 2 N–H and O–H groups in total. The fourth-order valence-corrected chi connectivity index (χ4v) is 2.29. The number of H-pyrrole nitrogens is 1. The lowest BCUT2D eigenvalue weighted by Gasteiger charge is -2.02. The number of rotatable bonds is 4. The van der Waals surface area contributed by atoms with Gasteiger partial charge in [0.05, 0.1) is 17.4 Å². The number of ketones is 1. The number of carbonyl (C=O) groups is 2. The maximum Gasteiger partial charge on any atom is 0.272 e. The minimum absolute atomic E-state index is 0.152. The fourth-order valence-electron chi connectivity index (χ4n) is 2.12. The number of amides is 1. The van der Waals surface area contributed by atoms with Crippen molar-refractivity contribution in [1.82, 2.24) is 9.97 Å². The predicted octanol–water partition coefficient (Wildman–Crippen LogP) is 3.69. The lowest BCUT2D eigenvalue weighted by Crippen LogP contribution is -2.12. The van der Waals surface area contributed by atoms with Crippen LogP contribution in [0.1, 0.15) is 26.4 Å². The smallest absolute Gasteiger partial charge is 0.272 e. The van der Waals surface area contributed by atoms with Crippen molar-refractivity contribution < 1.29 is 14.0 Å². The molecule has 0 atom stereocenters. The summed E-state index contributed by atoms with van der Waals surface area (Å²) in [7, 11) is 0. The van der Waals surface area contributed by atoms with Crippen molar-refractivity contribution in [3.63, 3.8) is 0 Å². The molecule has 0 aliphatic carbocycles. The van der Waals surface area contributed by atoms with E-state index in [1.165, 1.54) is 30.6 Å². The van der Waals surface area contributed by atoms with Gasteiger partial charge in [-0.25, -0.2) is 4.39 Å². The number of hydrogen-bond acceptors (Lipinski definition) is 3. The second-order valence-corrected chi connectivity index (χ2v) is 5.39. The van der Waals surface area contributed by atoms with E-state index in [-0.39, 0.29) is 21.8 Å². The number of nitrogens with one attached hydrogen (secondary N) is 2. The van der Waals surface area contributed by atoms with Crippen LogP contribution in [0, 0.1) is 5.82 Å². The largest absolute Gasteiger partial charge is 0.356 e. The van der Waals surface area contributed by atoms with Crippen molar-refractivity contribution in [2.24, 2.45) is 0 Å². The van der Waals surface area contributed by atoms with Gasteiger partial charge in [-0.05, 0) is 36.4 Å². The molecule has 1 amide bonds. The van der Waals surface area contributed by atoms with Crippen molar-refractivity contribution >= 4 is 29.0 Å². The minimum atomic E-state index is -0.674. The van der Waals surface area contributed by atoms with E-state index in [1.807, 2.05) is 0 Å². The normalized spacial score (nSPS) is 10.4. The second-order valence-electron chi connectivity index (χ2n) is 4.95. The molecule has 0 saturated carbocycles. The van der Waals surface area contributed by atoms with Gasteiger partial charge in [-0.15, -0.1) is 0 Å². The molecule has 1 aromatic carbocycles. The van der Waals surface area contributed by atoms with Gasteiger partial charge in [0.25, 0.3) is 5.91 Å². The average molecular weight is 344 g/mol. The molecule has 0 spiro atoms. The molecule has 0 unspecified atom stereocenters. The number of hydrogen-bond donors (Lipinski definition) is 2. The van der Waals surface area contributed by atoms with Crippen LogP contribution < -0.4 is 5.32 Å². The Morgan fingerprint density at radius 2 is 2.04 bits per heavy atom. The van der Waals surface area contributed by atoms with Gasteiger partial charge in [0, 0.05) is 23.0 Å². The summed E-state index contributed by atoms with van der Waals surface area (Å²) in [5.41, 5.74) is 0.698. The molecular formula is C17H11ClFN3O2. The quantitative estimate of drug-likeness (QED) is 0.709. The summed E-state index contributed by atoms with van der Waals surface area (Å²) >= 11 is 5.80. The zero-order valence-corrected chi connectivity index (χ0v) is 13.0. The number of aromatic amines is 1. The van der Waals surface area contributed by atoms with Gasteiger partial charge in [0.2, 0.25) is 0 Å². The highest BCUT2D eigenvalue weighted by atomic mass is 35.5. The summed E-state index contributed by atoms with van der Waals surface area (Å²) in [4.78, 5) is 31.1. The molecule has 0 aliphatic heterocycles. The molecule has 0 fully saturated rings. The number of anilines is 1. The fraction of sp³-hybridized carbons (Fsp3) is 0. The predicted molar refractivity (Wildman–Crippen MR) is 87.8 cm³/mol. The first-order chi connectivity index (χ1) is 11.5. The summed E-state index contributed by atoms with van der Waals surface area (Å²) in [6.07, 6.45) is 4.43. The first-order valence-corrected chi connectivity index (χ1v) is 7.32. The lowest BCUT2D eigenvalue weighted by atomic mass is 10.1. The van der Waals surface area contributed by atoms with E-state index in [4.69, 9.17) is 11.6 Å². The van der Waals surface area contributed by atoms with Crippen LogP contribution >= 0.6 is 11.6 Å². The van der Waals surface area contributed by atoms with Crippen LogP contribution in [-0.4, -0.2) is 21.7 Å². The van der Waals surface area contributed by atoms with Crippen LogP contribution in [0.3, 0.4) is 0 Å². The molecule has 24 heavy (non-hydrogen) atoms. The summed E-state index contributed by atoms with van der Waals surface area (Å²) in [6.45, 7) is 0. The maximum atomic E-state index is 13.8. The Labute approximate surface area is 141 Å². The van der Waals surface area contributed by atoms with Gasteiger partial charge in [-0.2, -0.15) is 0 Å². The van der Waals surface area contributed by atoms with Gasteiger partial charge in [0.1, 0.15) is 11.5 Å². The van der Waals surface area contributed by atoms with E-state index in [2.05, 4.69) is 15.3 Å². The molecule has 0 saturated heterocycles. The highest BCUT2D eigenvalue weighted by molar-refractivity contribution is 6.31. The second kappa shape index (κ2) is 6.64. The molecule has 120 valence electrons. The van der Waals surface area contributed by atoms with Gasteiger partial charge >= 0.3 is 0 Å². The number of halogens is 2. The average Bonchev–Trinajstić information content (AvgIpc) is 3.07. The lowest BCUT2D eigenvalue weighted by molar-refractivity contribution is 0.102. The van der Waals surface area contributed by atoms with Gasteiger partial charge in [0.15, 0.2) is 5.78 Å². The highest BCUT2D eigenvalue weighted by Crippen LogP contribution is 2.19. The Morgan fingerprint density at radius 1 is 1.21 bits per heavy atom. The number of aromatic nitrogens is 2. The number of pyridine rings is 1. The highest BCUT2D eigenvalue weighted by Gasteiger charge is 2.18. The summed E-state index contributed by atoms with van der Waals surface area (Å²) in [5, 5.41) is 2.89. The van der Waals surface area contributed by atoms with E-state index < -0.39 is 17.5 Å². The van der Waals surface area contributed by atoms with E-state index in [0.29, 0.717) is 5.69 Å². The van der Waals surface area contributed by atoms with Crippen molar-refractivity contribution in [3.8, 4) is 0 Å². The van der Waals surface area contributed by atoms with Crippen LogP contribution in [0.25, 0.3) is 0 Å². The zero-order valence-electron chi connectivity index (χ0n) is 12.2. The molecular weight excluding hydrogens is 333 g/mol. The number of nitrogens with zero attached hydrogens (tertiary/aromatic N) is 1. The first kappa shape index (κ1) is 15.9. The summed E-state index contributed by atoms with van der Waals surface area (Å²) in [6, 6.07) is 8.45. The Balaban J connectivity index is 1.81. The third kappa shape index (κ3) is 3.33. The zero-order chi connectivity index (χ0) is 17.1. The van der Waals surface area contributed by atoms with Crippen LogP contribution in [0.15, 0.2) is 55.0 Å². The molecule has 2 aromatic heterocycles. The Morgan fingerprint density at radius 3 is 2.79 bits per heavy atom. The first-order valence-electron chi connectivity index (χ1n) is 6.94. The summed E-state index contributed by atoms with van der Waals surface area (Å²) < 4.78 is 13.8. The standard InChI is InChI=1S/C17H11ClFN3O2/c18-11-3-4-14(19)13(7-11)16(23)10-6-15(21-8-10)17(24)22-12-2-1-5-20-9-12/h1-9,21H,(H,22,24). The Bertz CT molecular complexity index is 909. The van der Waals surface area contributed by atoms with E-state index in [9.17, 15) is 14.0 Å². The van der Waals surface area contributed by atoms with Gasteiger partial charge < -0.3 is 10.3 Å². The minimum Gasteiger partial charge on any atom is -0.356 e. The van der Waals surface area contributed by atoms with E-state index >= 15 is 0 Å². The molecule has 0 aliphatic rings. The number of carbonyl (C=O) groups excluding carboxylic acids is 2. The topological polar surface area (TPSA) is 74.8 Å². The molecule has 0 bridgehead atoms. The molecule has 2 heterocycles. The molecule has 7 heteroatoms. The van der Waals surface area contributed by atoms with Gasteiger partial charge in [-0.1, -0.05) is 11.6 Å². The Hall–Kier alpha value is -2.99. The Kier molecular flexibility index (Phi) is 4.39. The van der Waals surface area contributed by atoms with E-state index in [0.717, 1.165) is 6.07 Å². The third-order valence-electron chi connectivity index (χ3n) is 3.28. The molecule has 5 nitrogen and oxygen atoms in total. The molecule has 0 radical (unpaired) electrons. The third-order valence-corrected chi connectivity index (χ3v) is 3.52. The van der Waals surface area contributed by atoms with Crippen LogP contribution in [0.2, 0.25) is 5.02 Å². The van der Waals surface area contributed by atoms with Crippen LogP contribution in [0.4, 0.5) is 10.1 Å². The van der Waals surface area contributed by atoms with Crippen molar-refractivity contribution in [3.05, 3.63) is 82.6 Å².